The molecule has 24 heavy (non-hydrogen) atoms. The zero-order valence-corrected chi connectivity index (χ0v) is 14.2. The van der Waals surface area contributed by atoms with Crippen LogP contribution in [0.4, 0.5) is 10.1 Å². The molecule has 0 spiro atoms. The molecule has 5 heteroatoms. The summed E-state index contributed by atoms with van der Waals surface area (Å²) in [6.45, 7) is 2.44. The Hall–Kier alpha value is -2.56. The minimum atomic E-state index is -0.312. The van der Waals surface area contributed by atoms with E-state index in [1.807, 2.05) is 25.1 Å². The lowest BCUT2D eigenvalue weighted by Gasteiger charge is -2.21. The van der Waals surface area contributed by atoms with Gasteiger partial charge in [-0.05, 0) is 55.3 Å². The molecule has 0 atom stereocenters. The highest BCUT2D eigenvalue weighted by atomic mass is 19.1. The summed E-state index contributed by atoms with van der Waals surface area (Å²) < 4.78 is 23.5. The number of rotatable bonds is 7. The molecule has 128 valence electrons. The zero-order valence-electron chi connectivity index (χ0n) is 14.2. The van der Waals surface area contributed by atoms with E-state index < -0.39 is 0 Å². The van der Waals surface area contributed by atoms with Gasteiger partial charge in [-0.15, -0.1) is 0 Å². The predicted octanol–water partition coefficient (Wildman–Crippen LogP) is 3.83. The Morgan fingerprint density at radius 2 is 1.71 bits per heavy atom. The summed E-state index contributed by atoms with van der Waals surface area (Å²) in [5, 5.41) is 0. The Balaban J connectivity index is 2.04. The Bertz CT molecular complexity index is 686. The van der Waals surface area contributed by atoms with Crippen LogP contribution in [0.15, 0.2) is 42.5 Å². The van der Waals surface area contributed by atoms with E-state index in [-0.39, 0.29) is 11.7 Å². The first kappa shape index (κ1) is 17.8. The molecule has 0 bridgehead atoms. The molecular formula is C19H22FNO3. The van der Waals surface area contributed by atoms with Crippen LogP contribution in [-0.4, -0.2) is 26.7 Å². The van der Waals surface area contributed by atoms with Gasteiger partial charge in [-0.25, -0.2) is 4.39 Å². The second kappa shape index (κ2) is 8.34. The van der Waals surface area contributed by atoms with Crippen LogP contribution in [0.25, 0.3) is 0 Å². The summed E-state index contributed by atoms with van der Waals surface area (Å²) in [7, 11) is 3.17. The highest BCUT2D eigenvalue weighted by Gasteiger charge is 2.14. The van der Waals surface area contributed by atoms with Crippen LogP contribution >= 0.6 is 0 Å². The van der Waals surface area contributed by atoms with E-state index in [4.69, 9.17) is 9.47 Å². The smallest absolute Gasteiger partial charge is 0.227 e. The predicted molar refractivity (Wildman–Crippen MR) is 92.3 cm³/mol. The van der Waals surface area contributed by atoms with Crippen LogP contribution in [0.1, 0.15) is 18.9 Å². The number of ether oxygens (including phenoxy) is 2. The summed E-state index contributed by atoms with van der Waals surface area (Å²) in [6, 6.07) is 11.6. The molecule has 0 saturated carbocycles. The number of anilines is 1. The third kappa shape index (κ3) is 4.25. The number of halogens is 1. The van der Waals surface area contributed by atoms with E-state index in [9.17, 15) is 9.18 Å². The number of aryl methyl sites for hydroxylation is 1. The number of hydrogen-bond donors (Lipinski definition) is 0. The normalized spacial score (nSPS) is 10.3. The lowest BCUT2D eigenvalue weighted by Crippen LogP contribution is -2.30. The molecule has 0 unspecified atom stereocenters. The summed E-state index contributed by atoms with van der Waals surface area (Å²) in [5.41, 5.74) is 1.70. The monoisotopic (exact) mass is 331 g/mol. The average Bonchev–Trinajstić information content (AvgIpc) is 2.61. The standard InChI is InChI=1S/C19H22FNO3/c1-4-21(16-9-7-15(20)8-10-16)19(22)12-6-14-5-11-17(23-2)18(13-14)24-3/h5,7-11,13H,4,6,12H2,1-3H3. The molecule has 2 aromatic carbocycles. The van der Waals surface area contributed by atoms with E-state index in [1.54, 1.807) is 31.3 Å². The molecule has 0 fully saturated rings. The minimum Gasteiger partial charge on any atom is -0.493 e. The summed E-state index contributed by atoms with van der Waals surface area (Å²) in [6.07, 6.45) is 0.956. The average molecular weight is 331 g/mol. The molecule has 0 N–H and O–H groups in total. The van der Waals surface area contributed by atoms with Gasteiger partial charge in [0.15, 0.2) is 11.5 Å². The van der Waals surface area contributed by atoms with Gasteiger partial charge in [-0.2, -0.15) is 0 Å². The third-order valence-corrected chi connectivity index (χ3v) is 3.83. The van der Waals surface area contributed by atoms with Gasteiger partial charge in [0.25, 0.3) is 0 Å². The molecule has 0 radical (unpaired) electrons. The first-order chi connectivity index (χ1) is 11.6. The number of carbonyl (C=O) groups is 1. The fraction of sp³-hybridized carbons (Fsp3) is 0.316. The van der Waals surface area contributed by atoms with Crippen molar-refractivity contribution in [2.24, 2.45) is 0 Å². The van der Waals surface area contributed by atoms with Crippen LogP contribution in [0.5, 0.6) is 11.5 Å². The van der Waals surface area contributed by atoms with Gasteiger partial charge in [0.2, 0.25) is 5.91 Å². The van der Waals surface area contributed by atoms with Crippen LogP contribution < -0.4 is 14.4 Å². The largest absolute Gasteiger partial charge is 0.493 e. The fourth-order valence-electron chi connectivity index (χ4n) is 2.55. The molecule has 4 nitrogen and oxygen atoms in total. The van der Waals surface area contributed by atoms with Gasteiger partial charge in [0.05, 0.1) is 14.2 Å². The van der Waals surface area contributed by atoms with Gasteiger partial charge in [0.1, 0.15) is 5.82 Å². The maximum atomic E-state index is 13.0. The van der Waals surface area contributed by atoms with Crippen molar-refractivity contribution in [1.82, 2.24) is 0 Å². The van der Waals surface area contributed by atoms with Crippen molar-refractivity contribution >= 4 is 11.6 Å². The fourth-order valence-corrected chi connectivity index (χ4v) is 2.55. The topological polar surface area (TPSA) is 38.8 Å². The number of nitrogens with zero attached hydrogens (tertiary/aromatic N) is 1. The first-order valence-corrected chi connectivity index (χ1v) is 7.85. The molecule has 0 aromatic heterocycles. The van der Waals surface area contributed by atoms with Crippen molar-refractivity contribution in [2.75, 3.05) is 25.7 Å². The van der Waals surface area contributed by atoms with Crippen LogP contribution in [0, 0.1) is 5.82 Å². The second-order valence-electron chi connectivity index (χ2n) is 5.30. The van der Waals surface area contributed by atoms with Gasteiger partial charge < -0.3 is 14.4 Å². The number of amides is 1. The molecule has 1 amide bonds. The summed E-state index contributed by atoms with van der Waals surface area (Å²) in [5.74, 6) is 0.994. The van der Waals surface area contributed by atoms with Crippen molar-refractivity contribution in [2.45, 2.75) is 19.8 Å². The van der Waals surface area contributed by atoms with E-state index in [2.05, 4.69) is 0 Å². The van der Waals surface area contributed by atoms with Crippen molar-refractivity contribution in [3.8, 4) is 11.5 Å². The first-order valence-electron chi connectivity index (χ1n) is 7.85. The van der Waals surface area contributed by atoms with Gasteiger partial charge in [-0.3, -0.25) is 4.79 Å². The molecule has 2 aromatic rings. The third-order valence-electron chi connectivity index (χ3n) is 3.83. The molecule has 0 aliphatic carbocycles. The number of benzene rings is 2. The quantitative estimate of drug-likeness (QED) is 0.774. The highest BCUT2D eigenvalue weighted by molar-refractivity contribution is 5.93. The minimum absolute atomic E-state index is 0.00102. The van der Waals surface area contributed by atoms with E-state index in [1.165, 1.54) is 12.1 Å². The highest BCUT2D eigenvalue weighted by Crippen LogP contribution is 2.28. The molecule has 0 heterocycles. The van der Waals surface area contributed by atoms with Crippen molar-refractivity contribution < 1.29 is 18.7 Å². The van der Waals surface area contributed by atoms with E-state index in [0.29, 0.717) is 36.6 Å². The van der Waals surface area contributed by atoms with Gasteiger partial charge in [-0.1, -0.05) is 6.07 Å². The Morgan fingerprint density at radius 1 is 1.04 bits per heavy atom. The van der Waals surface area contributed by atoms with Crippen LogP contribution in [-0.2, 0) is 11.2 Å². The lowest BCUT2D eigenvalue weighted by molar-refractivity contribution is -0.118. The van der Waals surface area contributed by atoms with Crippen molar-refractivity contribution in [3.63, 3.8) is 0 Å². The Labute approximate surface area is 141 Å². The number of hydrogen-bond acceptors (Lipinski definition) is 3. The molecular weight excluding hydrogens is 309 g/mol. The lowest BCUT2D eigenvalue weighted by atomic mass is 10.1. The second-order valence-corrected chi connectivity index (χ2v) is 5.30. The van der Waals surface area contributed by atoms with Crippen molar-refractivity contribution in [1.29, 1.82) is 0 Å². The Morgan fingerprint density at radius 3 is 2.29 bits per heavy atom. The summed E-state index contributed by atoms with van der Waals surface area (Å²) >= 11 is 0. The SMILES string of the molecule is CCN(C(=O)CCc1ccc(OC)c(OC)c1)c1ccc(F)cc1. The molecule has 0 aliphatic rings. The number of carbonyl (C=O) groups excluding carboxylic acids is 1. The van der Waals surface area contributed by atoms with E-state index in [0.717, 1.165) is 5.56 Å². The van der Waals surface area contributed by atoms with Crippen LogP contribution in [0.2, 0.25) is 0 Å². The Kier molecular flexibility index (Phi) is 6.18. The van der Waals surface area contributed by atoms with E-state index >= 15 is 0 Å². The van der Waals surface area contributed by atoms with Crippen molar-refractivity contribution in [3.05, 3.63) is 53.8 Å². The number of methoxy groups -OCH3 is 2. The zero-order chi connectivity index (χ0) is 17.5. The summed E-state index contributed by atoms with van der Waals surface area (Å²) in [4.78, 5) is 14.1. The molecule has 0 saturated heterocycles. The van der Waals surface area contributed by atoms with Gasteiger partial charge in [0, 0.05) is 18.7 Å². The maximum absolute atomic E-state index is 13.0. The van der Waals surface area contributed by atoms with Crippen LogP contribution in [0.3, 0.4) is 0 Å². The van der Waals surface area contributed by atoms with Gasteiger partial charge >= 0.3 is 0 Å². The molecule has 2 rings (SSSR count). The molecule has 0 aliphatic heterocycles. The maximum Gasteiger partial charge on any atom is 0.227 e.